The van der Waals surface area contributed by atoms with Gasteiger partial charge >= 0.3 is 5.69 Å². The average molecular weight is 363 g/mol. The van der Waals surface area contributed by atoms with Gasteiger partial charge in [0.1, 0.15) is 5.75 Å². The molecule has 0 aliphatic heterocycles. The number of ether oxygens (including phenoxy) is 1. The summed E-state index contributed by atoms with van der Waals surface area (Å²) in [6.07, 6.45) is 0.806. The standard InChI is InChI=1S/C18H19ClN2O4/c1-4-18(2,3)20-17(22)12-5-8-14(9-6-12)25-16-10-7-13(19)11-15(16)21(23)24/h5-11H,4H2,1-3H3,(H,20,22). The molecule has 0 bridgehead atoms. The summed E-state index contributed by atoms with van der Waals surface area (Å²) in [7, 11) is 0. The molecule has 1 amide bonds. The monoisotopic (exact) mass is 362 g/mol. The van der Waals surface area contributed by atoms with E-state index in [4.69, 9.17) is 16.3 Å². The summed E-state index contributed by atoms with van der Waals surface area (Å²) in [4.78, 5) is 22.7. The van der Waals surface area contributed by atoms with Gasteiger partial charge in [0.15, 0.2) is 0 Å². The molecule has 1 N–H and O–H groups in total. The number of rotatable bonds is 6. The Labute approximate surface area is 150 Å². The highest BCUT2D eigenvalue weighted by Crippen LogP contribution is 2.33. The smallest absolute Gasteiger partial charge is 0.313 e. The number of carbonyl (C=O) groups is 1. The van der Waals surface area contributed by atoms with Crippen molar-refractivity contribution < 1.29 is 14.5 Å². The van der Waals surface area contributed by atoms with Crippen LogP contribution in [0, 0.1) is 10.1 Å². The number of nitrogens with zero attached hydrogens (tertiary/aromatic N) is 1. The van der Waals surface area contributed by atoms with Crippen molar-refractivity contribution in [2.45, 2.75) is 32.7 Å². The molecule has 0 saturated heterocycles. The van der Waals surface area contributed by atoms with Gasteiger partial charge in [0.25, 0.3) is 5.91 Å². The molecule has 0 aliphatic carbocycles. The van der Waals surface area contributed by atoms with Gasteiger partial charge < -0.3 is 10.1 Å². The van der Waals surface area contributed by atoms with E-state index < -0.39 is 4.92 Å². The molecule has 2 rings (SSSR count). The molecule has 7 heteroatoms. The zero-order valence-corrected chi connectivity index (χ0v) is 15.0. The van der Waals surface area contributed by atoms with Gasteiger partial charge in [-0.15, -0.1) is 0 Å². The van der Waals surface area contributed by atoms with Crippen molar-refractivity contribution in [1.29, 1.82) is 0 Å². The molecule has 0 aromatic heterocycles. The topological polar surface area (TPSA) is 81.5 Å². The van der Waals surface area contributed by atoms with Gasteiger partial charge in [-0.25, -0.2) is 0 Å². The number of hydrogen-bond acceptors (Lipinski definition) is 4. The summed E-state index contributed by atoms with van der Waals surface area (Å²) in [5.74, 6) is 0.284. The number of nitro benzene ring substituents is 1. The summed E-state index contributed by atoms with van der Waals surface area (Å²) in [5.41, 5.74) is -0.0330. The van der Waals surface area contributed by atoms with Gasteiger partial charge in [0.2, 0.25) is 5.75 Å². The first-order chi connectivity index (χ1) is 11.7. The maximum absolute atomic E-state index is 12.2. The predicted molar refractivity (Wildman–Crippen MR) is 96.5 cm³/mol. The minimum atomic E-state index is -0.560. The van der Waals surface area contributed by atoms with E-state index in [-0.39, 0.29) is 27.9 Å². The zero-order valence-electron chi connectivity index (χ0n) is 14.2. The van der Waals surface area contributed by atoms with Crippen LogP contribution in [0.2, 0.25) is 5.02 Å². The third-order valence-electron chi connectivity index (χ3n) is 3.80. The number of amides is 1. The van der Waals surface area contributed by atoms with Crippen LogP contribution in [-0.4, -0.2) is 16.4 Å². The second-order valence-electron chi connectivity index (χ2n) is 6.19. The Bertz CT molecular complexity index is 788. The third-order valence-corrected chi connectivity index (χ3v) is 4.03. The lowest BCUT2D eigenvalue weighted by atomic mass is 10.0. The van der Waals surface area contributed by atoms with Crippen molar-refractivity contribution in [3.8, 4) is 11.5 Å². The summed E-state index contributed by atoms with van der Waals surface area (Å²) < 4.78 is 5.55. The molecule has 0 spiro atoms. The van der Waals surface area contributed by atoms with Gasteiger partial charge in [-0.3, -0.25) is 14.9 Å². The Morgan fingerprint density at radius 2 is 1.88 bits per heavy atom. The molecule has 2 aromatic carbocycles. The molecular formula is C18H19ClN2O4. The molecule has 0 atom stereocenters. The Balaban J connectivity index is 2.16. The molecule has 0 heterocycles. The third kappa shape index (κ3) is 4.93. The van der Waals surface area contributed by atoms with Crippen molar-refractivity contribution in [3.05, 3.63) is 63.2 Å². The molecule has 0 unspecified atom stereocenters. The Kier molecular flexibility index (Phi) is 5.64. The molecule has 0 fully saturated rings. The predicted octanol–water partition coefficient (Wildman–Crippen LogP) is 4.96. The second-order valence-corrected chi connectivity index (χ2v) is 6.62. The summed E-state index contributed by atoms with van der Waals surface area (Å²) in [6, 6.07) is 10.6. The van der Waals surface area contributed by atoms with E-state index in [1.807, 2.05) is 20.8 Å². The van der Waals surface area contributed by atoms with E-state index in [9.17, 15) is 14.9 Å². The van der Waals surface area contributed by atoms with Crippen LogP contribution in [-0.2, 0) is 0 Å². The molecule has 0 radical (unpaired) electrons. The quantitative estimate of drug-likeness (QED) is 0.581. The van der Waals surface area contributed by atoms with Crippen LogP contribution in [0.15, 0.2) is 42.5 Å². The molecule has 132 valence electrons. The summed E-state index contributed by atoms with van der Waals surface area (Å²) >= 11 is 5.78. The SMILES string of the molecule is CCC(C)(C)NC(=O)c1ccc(Oc2ccc(Cl)cc2[N+](=O)[O-])cc1. The first-order valence-corrected chi connectivity index (χ1v) is 8.14. The van der Waals surface area contributed by atoms with Crippen LogP contribution in [0.4, 0.5) is 5.69 Å². The van der Waals surface area contributed by atoms with E-state index in [2.05, 4.69) is 5.32 Å². The maximum atomic E-state index is 12.2. The minimum Gasteiger partial charge on any atom is -0.450 e. The number of nitrogens with one attached hydrogen (secondary N) is 1. The lowest BCUT2D eigenvalue weighted by Crippen LogP contribution is -2.42. The highest BCUT2D eigenvalue weighted by atomic mass is 35.5. The second kappa shape index (κ2) is 7.53. The average Bonchev–Trinajstić information content (AvgIpc) is 2.56. The normalized spacial score (nSPS) is 11.0. The molecule has 0 aliphatic rings. The van der Waals surface area contributed by atoms with Gasteiger partial charge in [0.05, 0.1) is 4.92 Å². The van der Waals surface area contributed by atoms with Gasteiger partial charge in [-0.05, 0) is 56.7 Å². The zero-order chi connectivity index (χ0) is 18.6. The molecular weight excluding hydrogens is 344 g/mol. The van der Waals surface area contributed by atoms with Crippen LogP contribution in [0.5, 0.6) is 11.5 Å². The Morgan fingerprint density at radius 1 is 1.24 bits per heavy atom. The number of carbonyl (C=O) groups excluding carboxylic acids is 1. The minimum absolute atomic E-state index is 0.0821. The molecule has 0 saturated carbocycles. The molecule has 2 aromatic rings. The van der Waals surface area contributed by atoms with Crippen LogP contribution in [0.25, 0.3) is 0 Å². The van der Waals surface area contributed by atoms with E-state index in [0.29, 0.717) is 11.3 Å². The number of benzene rings is 2. The highest BCUT2D eigenvalue weighted by Gasteiger charge is 2.19. The fraction of sp³-hybridized carbons (Fsp3) is 0.278. The Hall–Kier alpha value is -2.60. The van der Waals surface area contributed by atoms with Crippen LogP contribution in [0.3, 0.4) is 0 Å². The first-order valence-electron chi connectivity index (χ1n) is 7.76. The van der Waals surface area contributed by atoms with Crippen molar-refractivity contribution in [2.24, 2.45) is 0 Å². The van der Waals surface area contributed by atoms with Crippen molar-refractivity contribution in [1.82, 2.24) is 5.32 Å². The maximum Gasteiger partial charge on any atom is 0.313 e. The number of hydrogen-bond donors (Lipinski definition) is 1. The highest BCUT2D eigenvalue weighted by molar-refractivity contribution is 6.30. The Morgan fingerprint density at radius 3 is 2.44 bits per heavy atom. The van der Waals surface area contributed by atoms with Gasteiger partial charge in [0, 0.05) is 22.2 Å². The van der Waals surface area contributed by atoms with Crippen molar-refractivity contribution in [3.63, 3.8) is 0 Å². The lowest BCUT2D eigenvalue weighted by Gasteiger charge is -2.24. The number of halogens is 1. The van der Waals surface area contributed by atoms with Crippen molar-refractivity contribution in [2.75, 3.05) is 0 Å². The first kappa shape index (κ1) is 18.7. The van der Waals surface area contributed by atoms with Crippen LogP contribution >= 0.6 is 11.6 Å². The van der Waals surface area contributed by atoms with E-state index in [0.717, 1.165) is 6.42 Å². The van der Waals surface area contributed by atoms with E-state index >= 15 is 0 Å². The van der Waals surface area contributed by atoms with E-state index in [1.165, 1.54) is 18.2 Å². The molecule has 6 nitrogen and oxygen atoms in total. The van der Waals surface area contributed by atoms with Gasteiger partial charge in [-0.2, -0.15) is 0 Å². The van der Waals surface area contributed by atoms with E-state index in [1.54, 1.807) is 24.3 Å². The van der Waals surface area contributed by atoms with Crippen LogP contribution in [0.1, 0.15) is 37.6 Å². The van der Waals surface area contributed by atoms with Crippen LogP contribution < -0.4 is 10.1 Å². The largest absolute Gasteiger partial charge is 0.450 e. The van der Waals surface area contributed by atoms with Crippen molar-refractivity contribution >= 4 is 23.2 Å². The fourth-order valence-corrected chi connectivity index (χ4v) is 2.16. The molecule has 25 heavy (non-hydrogen) atoms. The summed E-state index contributed by atoms with van der Waals surface area (Å²) in [5, 5.41) is 14.3. The fourth-order valence-electron chi connectivity index (χ4n) is 1.99. The van der Waals surface area contributed by atoms with Gasteiger partial charge in [-0.1, -0.05) is 18.5 Å². The summed E-state index contributed by atoms with van der Waals surface area (Å²) in [6.45, 7) is 5.89. The lowest BCUT2D eigenvalue weighted by molar-refractivity contribution is -0.385. The number of nitro groups is 1.